The molecule has 1 saturated carbocycles. The Balaban J connectivity index is 1.22. The van der Waals surface area contributed by atoms with Gasteiger partial charge in [-0.1, -0.05) is 0 Å². The molecule has 2 saturated heterocycles. The molecule has 1 aliphatic carbocycles. The number of carbonyl (C=O) groups excluding carboxylic acids is 1. The van der Waals surface area contributed by atoms with E-state index >= 15 is 0 Å². The van der Waals surface area contributed by atoms with Gasteiger partial charge in [-0.15, -0.1) is 0 Å². The van der Waals surface area contributed by atoms with Crippen molar-refractivity contribution in [2.24, 2.45) is 5.92 Å². The van der Waals surface area contributed by atoms with Gasteiger partial charge in [0.2, 0.25) is 0 Å². The summed E-state index contributed by atoms with van der Waals surface area (Å²) in [5.41, 5.74) is 2.29. The lowest BCUT2D eigenvalue weighted by Crippen LogP contribution is -2.55. The summed E-state index contributed by atoms with van der Waals surface area (Å²) >= 11 is 0. The number of rotatable bonds is 4. The summed E-state index contributed by atoms with van der Waals surface area (Å²) < 4.78 is 1.83. The Bertz CT molecular complexity index is 914. The number of aromatic amines is 1. The molecule has 1 aromatic carbocycles. The number of likely N-dealkylation sites (N-methyl/N-ethyl adjacent to an activating group) is 1. The minimum Gasteiger partial charge on any atom is -0.338 e. The second kappa shape index (κ2) is 6.49. The average Bonchev–Trinajstić information content (AvgIpc) is 3.40. The van der Waals surface area contributed by atoms with Gasteiger partial charge < -0.3 is 19.7 Å². The van der Waals surface area contributed by atoms with Crippen LogP contribution in [0.2, 0.25) is 0 Å². The molecule has 5 rings (SSSR count). The molecule has 0 radical (unpaired) electrons. The van der Waals surface area contributed by atoms with Gasteiger partial charge in [0.1, 0.15) is 0 Å². The Labute approximate surface area is 158 Å². The fourth-order valence-corrected chi connectivity index (χ4v) is 4.39. The van der Waals surface area contributed by atoms with Gasteiger partial charge in [-0.3, -0.25) is 9.36 Å². The fraction of sp³-hybridized carbons (Fsp3) is 0.600. The number of aromatic nitrogens is 2. The largest absolute Gasteiger partial charge is 0.338 e. The van der Waals surface area contributed by atoms with E-state index < -0.39 is 0 Å². The van der Waals surface area contributed by atoms with E-state index in [-0.39, 0.29) is 11.6 Å². The molecule has 3 fully saturated rings. The van der Waals surface area contributed by atoms with Crippen LogP contribution in [0.5, 0.6) is 0 Å². The van der Waals surface area contributed by atoms with E-state index in [2.05, 4.69) is 21.8 Å². The van der Waals surface area contributed by atoms with Crippen molar-refractivity contribution >= 4 is 16.9 Å². The van der Waals surface area contributed by atoms with Gasteiger partial charge >= 0.3 is 5.69 Å². The Morgan fingerprint density at radius 2 is 1.89 bits per heavy atom. The van der Waals surface area contributed by atoms with Crippen molar-refractivity contribution in [3.8, 4) is 0 Å². The summed E-state index contributed by atoms with van der Waals surface area (Å²) in [6.07, 6.45) is 2.13. The van der Waals surface area contributed by atoms with Gasteiger partial charge in [-0.05, 0) is 38.1 Å². The van der Waals surface area contributed by atoms with E-state index in [1.807, 2.05) is 27.7 Å². The van der Waals surface area contributed by atoms with Crippen LogP contribution in [-0.4, -0.2) is 83.0 Å². The van der Waals surface area contributed by atoms with Crippen molar-refractivity contribution < 1.29 is 4.79 Å². The lowest BCUT2D eigenvalue weighted by atomic mass is 9.97. The zero-order valence-electron chi connectivity index (χ0n) is 15.9. The van der Waals surface area contributed by atoms with Crippen LogP contribution >= 0.6 is 0 Å². The van der Waals surface area contributed by atoms with Crippen molar-refractivity contribution in [2.75, 3.05) is 52.9 Å². The summed E-state index contributed by atoms with van der Waals surface area (Å²) in [5.74, 6) is 0.656. The molecule has 2 aliphatic heterocycles. The molecule has 0 unspecified atom stereocenters. The molecule has 144 valence electrons. The van der Waals surface area contributed by atoms with Gasteiger partial charge in [-0.25, -0.2) is 4.79 Å². The number of fused-ring (bicyclic) bond motifs is 1. The molecular formula is C20H27N5O2. The van der Waals surface area contributed by atoms with Crippen LogP contribution in [0.4, 0.5) is 0 Å². The van der Waals surface area contributed by atoms with Gasteiger partial charge in [0.05, 0.1) is 11.0 Å². The normalized spacial score (nSPS) is 22.3. The molecule has 27 heavy (non-hydrogen) atoms. The smallest absolute Gasteiger partial charge is 0.326 e. The first-order chi connectivity index (χ1) is 13.1. The summed E-state index contributed by atoms with van der Waals surface area (Å²) in [4.78, 5) is 34.7. The van der Waals surface area contributed by atoms with Gasteiger partial charge in [0.15, 0.2) is 0 Å². The van der Waals surface area contributed by atoms with E-state index in [0.29, 0.717) is 17.5 Å². The van der Waals surface area contributed by atoms with Crippen molar-refractivity contribution in [1.29, 1.82) is 0 Å². The molecule has 0 bridgehead atoms. The molecule has 1 N–H and O–H groups in total. The minimum atomic E-state index is -0.0618. The van der Waals surface area contributed by atoms with Crippen LogP contribution in [0.3, 0.4) is 0 Å². The highest BCUT2D eigenvalue weighted by molar-refractivity contribution is 5.97. The fourth-order valence-electron chi connectivity index (χ4n) is 4.39. The standard InChI is InChI=1S/C20H27N5O2/c1-22-6-8-23(9-7-22)11-14-12-24(13-14)19(26)15-2-5-18-17(10-15)21-20(27)25(18)16-3-4-16/h2,5,10,14,16H,3-4,6-9,11-13H2,1H3,(H,21,27). The van der Waals surface area contributed by atoms with E-state index in [1.54, 1.807) is 0 Å². The van der Waals surface area contributed by atoms with Crippen molar-refractivity contribution in [3.05, 3.63) is 34.2 Å². The molecule has 3 aliphatic rings. The van der Waals surface area contributed by atoms with Crippen molar-refractivity contribution in [1.82, 2.24) is 24.3 Å². The lowest BCUT2D eigenvalue weighted by molar-refractivity contribution is 0.0359. The summed E-state index contributed by atoms with van der Waals surface area (Å²) in [5, 5.41) is 0. The second-order valence-electron chi connectivity index (χ2n) is 8.44. The SMILES string of the molecule is CN1CCN(CC2CN(C(=O)c3ccc4c(c3)[nH]c(=O)n4C3CC3)C2)CC1. The van der Waals surface area contributed by atoms with E-state index in [9.17, 15) is 9.59 Å². The first kappa shape index (κ1) is 17.0. The number of piperazine rings is 1. The molecule has 7 nitrogen and oxygen atoms in total. The predicted molar refractivity (Wildman–Crippen MR) is 104 cm³/mol. The first-order valence-corrected chi connectivity index (χ1v) is 10.0. The number of hydrogen-bond donors (Lipinski definition) is 1. The quantitative estimate of drug-likeness (QED) is 0.873. The highest BCUT2D eigenvalue weighted by atomic mass is 16.2. The topological polar surface area (TPSA) is 64.6 Å². The molecule has 7 heteroatoms. The third-order valence-corrected chi connectivity index (χ3v) is 6.23. The average molecular weight is 369 g/mol. The van der Waals surface area contributed by atoms with Crippen LogP contribution in [-0.2, 0) is 0 Å². The summed E-state index contributed by atoms with van der Waals surface area (Å²) in [7, 11) is 2.17. The van der Waals surface area contributed by atoms with E-state index in [1.165, 1.54) is 0 Å². The number of likely N-dealkylation sites (tertiary alicyclic amines) is 1. The molecular weight excluding hydrogens is 342 g/mol. The van der Waals surface area contributed by atoms with E-state index in [4.69, 9.17) is 0 Å². The zero-order valence-corrected chi connectivity index (χ0v) is 15.9. The van der Waals surface area contributed by atoms with Crippen LogP contribution in [0.15, 0.2) is 23.0 Å². The molecule has 0 atom stereocenters. The number of nitrogens with one attached hydrogen (secondary N) is 1. The van der Waals surface area contributed by atoms with Crippen molar-refractivity contribution in [2.45, 2.75) is 18.9 Å². The van der Waals surface area contributed by atoms with Crippen LogP contribution in [0, 0.1) is 5.92 Å². The second-order valence-corrected chi connectivity index (χ2v) is 8.44. The highest BCUT2D eigenvalue weighted by Crippen LogP contribution is 2.35. The Morgan fingerprint density at radius 1 is 1.15 bits per heavy atom. The maximum absolute atomic E-state index is 12.8. The van der Waals surface area contributed by atoms with Crippen LogP contribution in [0.25, 0.3) is 11.0 Å². The predicted octanol–water partition coefficient (Wildman–Crippen LogP) is 0.984. The Kier molecular flexibility index (Phi) is 4.09. The van der Waals surface area contributed by atoms with Gasteiger partial charge in [-0.2, -0.15) is 0 Å². The number of benzene rings is 1. The number of imidazole rings is 1. The van der Waals surface area contributed by atoms with Crippen LogP contribution < -0.4 is 5.69 Å². The third kappa shape index (κ3) is 3.19. The minimum absolute atomic E-state index is 0.0618. The lowest BCUT2D eigenvalue weighted by Gasteiger charge is -2.43. The van der Waals surface area contributed by atoms with Gasteiger partial charge in [0, 0.05) is 63.3 Å². The first-order valence-electron chi connectivity index (χ1n) is 10.0. The maximum atomic E-state index is 12.8. The maximum Gasteiger partial charge on any atom is 0.326 e. The molecule has 2 aromatic rings. The molecule has 1 aromatic heterocycles. The molecule has 0 spiro atoms. The highest BCUT2D eigenvalue weighted by Gasteiger charge is 2.33. The monoisotopic (exact) mass is 369 g/mol. The zero-order chi connectivity index (χ0) is 18.5. The Hall–Kier alpha value is -2.12. The number of amides is 1. The number of H-pyrrole nitrogens is 1. The number of carbonyl (C=O) groups is 1. The Morgan fingerprint density at radius 3 is 2.59 bits per heavy atom. The summed E-state index contributed by atoms with van der Waals surface area (Å²) in [6.45, 7) is 7.29. The molecule has 3 heterocycles. The van der Waals surface area contributed by atoms with Crippen molar-refractivity contribution in [3.63, 3.8) is 0 Å². The van der Waals surface area contributed by atoms with Gasteiger partial charge in [0.25, 0.3) is 5.91 Å². The van der Waals surface area contributed by atoms with Crippen LogP contribution in [0.1, 0.15) is 29.2 Å². The third-order valence-electron chi connectivity index (χ3n) is 6.23. The van der Waals surface area contributed by atoms with E-state index in [0.717, 1.165) is 69.7 Å². The molecule has 1 amide bonds. The number of nitrogens with zero attached hydrogens (tertiary/aromatic N) is 4. The number of hydrogen-bond acceptors (Lipinski definition) is 4. The summed E-state index contributed by atoms with van der Waals surface area (Å²) in [6, 6.07) is 5.95.